The third kappa shape index (κ3) is 3.35. The van der Waals surface area contributed by atoms with Crippen molar-refractivity contribution in [3.05, 3.63) is 12.1 Å². The van der Waals surface area contributed by atoms with Crippen LogP contribution in [-0.2, 0) is 0 Å². The predicted octanol–water partition coefficient (Wildman–Crippen LogP) is 3.30. The molecule has 3 N–H and O–H groups in total. The highest BCUT2D eigenvalue weighted by atomic mass is 16.5. The molecule has 0 radical (unpaired) electrons. The maximum absolute atomic E-state index is 5.89. The van der Waals surface area contributed by atoms with Crippen molar-refractivity contribution in [3.8, 4) is 5.88 Å². The highest BCUT2D eigenvalue weighted by molar-refractivity contribution is 5.53. The van der Waals surface area contributed by atoms with E-state index < -0.39 is 0 Å². The Hall–Kier alpha value is -1.45. The first-order valence-corrected chi connectivity index (χ1v) is 7.91. The van der Waals surface area contributed by atoms with E-state index in [1.165, 1.54) is 25.7 Å². The van der Waals surface area contributed by atoms with E-state index in [0.717, 1.165) is 36.5 Å². The lowest BCUT2D eigenvalue weighted by Crippen LogP contribution is -2.19. The van der Waals surface area contributed by atoms with E-state index in [2.05, 4.69) is 17.2 Å². The Labute approximate surface area is 121 Å². The quantitative estimate of drug-likeness (QED) is 0.764. The lowest BCUT2D eigenvalue weighted by Gasteiger charge is -2.17. The summed E-state index contributed by atoms with van der Waals surface area (Å²) in [5.74, 6) is 4.20. The highest BCUT2D eigenvalue weighted by Gasteiger charge is 2.41. The normalized spacial score (nSPS) is 18.3. The first-order chi connectivity index (χ1) is 9.78. The predicted molar refractivity (Wildman–Crippen MR) is 81.9 cm³/mol. The molecule has 1 aromatic rings. The average Bonchev–Trinajstić information content (AvgIpc) is 3.32. The van der Waals surface area contributed by atoms with Crippen LogP contribution >= 0.6 is 0 Å². The van der Waals surface area contributed by atoms with Gasteiger partial charge in [0.2, 0.25) is 5.88 Å². The van der Waals surface area contributed by atoms with E-state index in [1.807, 2.05) is 12.1 Å². The first kappa shape index (κ1) is 13.5. The molecule has 0 aliphatic heterocycles. The zero-order valence-electron chi connectivity index (χ0n) is 12.3. The van der Waals surface area contributed by atoms with Crippen molar-refractivity contribution in [1.29, 1.82) is 0 Å². The summed E-state index contributed by atoms with van der Waals surface area (Å²) in [6.45, 7) is 3.78. The zero-order valence-corrected chi connectivity index (χ0v) is 12.3. The number of ether oxygens (including phenoxy) is 1. The van der Waals surface area contributed by atoms with Crippen LogP contribution in [0, 0.1) is 17.8 Å². The highest BCUT2D eigenvalue weighted by Crippen LogP contribution is 2.49. The molecule has 4 heteroatoms. The molecule has 110 valence electrons. The standard InChI is InChI=1S/C16H25N3O/c1-2-9-20-16-14(17)7-8-15(19-16)18-10-13(11-3-4-11)12-5-6-12/h7-8,11-13H,2-6,9-10,17H2,1H3,(H,18,19). The smallest absolute Gasteiger partial charge is 0.239 e. The summed E-state index contributed by atoms with van der Waals surface area (Å²) in [6.07, 6.45) is 6.64. The number of rotatable bonds is 8. The Kier molecular flexibility index (Phi) is 3.99. The Balaban J connectivity index is 1.58. The maximum atomic E-state index is 5.89. The molecule has 0 unspecified atom stereocenters. The van der Waals surface area contributed by atoms with E-state index in [-0.39, 0.29) is 0 Å². The molecule has 0 aromatic carbocycles. The topological polar surface area (TPSA) is 60.2 Å². The third-order valence-corrected chi connectivity index (χ3v) is 4.31. The summed E-state index contributed by atoms with van der Waals surface area (Å²) in [5.41, 5.74) is 6.50. The molecule has 1 heterocycles. The van der Waals surface area contributed by atoms with Crippen LogP contribution in [0.2, 0.25) is 0 Å². The molecule has 2 aliphatic carbocycles. The monoisotopic (exact) mass is 275 g/mol. The van der Waals surface area contributed by atoms with Gasteiger partial charge in [0.05, 0.1) is 12.3 Å². The molecule has 0 amide bonds. The largest absolute Gasteiger partial charge is 0.476 e. The van der Waals surface area contributed by atoms with Gasteiger partial charge in [0.15, 0.2) is 0 Å². The van der Waals surface area contributed by atoms with Crippen LogP contribution in [0.3, 0.4) is 0 Å². The number of hydrogen-bond donors (Lipinski definition) is 2. The number of pyridine rings is 1. The van der Waals surface area contributed by atoms with Gasteiger partial charge >= 0.3 is 0 Å². The van der Waals surface area contributed by atoms with Crippen molar-refractivity contribution in [1.82, 2.24) is 4.98 Å². The van der Waals surface area contributed by atoms with Gasteiger partial charge in [-0.05, 0) is 62.0 Å². The van der Waals surface area contributed by atoms with Crippen molar-refractivity contribution in [2.24, 2.45) is 17.8 Å². The fraction of sp³-hybridized carbons (Fsp3) is 0.688. The molecular weight excluding hydrogens is 250 g/mol. The van der Waals surface area contributed by atoms with Gasteiger partial charge in [0, 0.05) is 6.54 Å². The van der Waals surface area contributed by atoms with Gasteiger partial charge in [-0.15, -0.1) is 0 Å². The second kappa shape index (κ2) is 5.90. The van der Waals surface area contributed by atoms with Crippen molar-refractivity contribution in [2.75, 3.05) is 24.2 Å². The second-order valence-electron chi connectivity index (χ2n) is 6.16. The maximum Gasteiger partial charge on any atom is 0.239 e. The van der Waals surface area contributed by atoms with Gasteiger partial charge < -0.3 is 15.8 Å². The molecule has 4 nitrogen and oxygen atoms in total. The van der Waals surface area contributed by atoms with Crippen LogP contribution < -0.4 is 15.8 Å². The average molecular weight is 275 g/mol. The van der Waals surface area contributed by atoms with Gasteiger partial charge in [-0.25, -0.2) is 0 Å². The minimum absolute atomic E-state index is 0.561. The molecule has 0 saturated heterocycles. The molecular formula is C16H25N3O. The number of hydrogen-bond acceptors (Lipinski definition) is 4. The fourth-order valence-electron chi connectivity index (χ4n) is 2.85. The van der Waals surface area contributed by atoms with Crippen LogP contribution in [0.25, 0.3) is 0 Å². The lowest BCUT2D eigenvalue weighted by atomic mass is 9.98. The Morgan fingerprint density at radius 3 is 2.60 bits per heavy atom. The molecule has 3 rings (SSSR count). The van der Waals surface area contributed by atoms with E-state index >= 15 is 0 Å². The number of nitrogens with two attached hydrogens (primary N) is 1. The van der Waals surface area contributed by atoms with Crippen LogP contribution in [-0.4, -0.2) is 18.1 Å². The van der Waals surface area contributed by atoms with Gasteiger partial charge in [-0.2, -0.15) is 4.98 Å². The summed E-state index contributed by atoms with van der Waals surface area (Å²) in [7, 11) is 0. The van der Waals surface area contributed by atoms with E-state index in [4.69, 9.17) is 10.5 Å². The van der Waals surface area contributed by atoms with E-state index in [0.29, 0.717) is 18.2 Å². The Bertz CT molecular complexity index is 443. The van der Waals surface area contributed by atoms with Crippen LogP contribution in [0.5, 0.6) is 5.88 Å². The van der Waals surface area contributed by atoms with Crippen molar-refractivity contribution in [3.63, 3.8) is 0 Å². The van der Waals surface area contributed by atoms with Crippen molar-refractivity contribution in [2.45, 2.75) is 39.0 Å². The van der Waals surface area contributed by atoms with Crippen molar-refractivity contribution < 1.29 is 4.74 Å². The molecule has 0 spiro atoms. The molecule has 20 heavy (non-hydrogen) atoms. The number of nitrogens with one attached hydrogen (secondary N) is 1. The summed E-state index contributed by atoms with van der Waals surface area (Å²) in [6, 6.07) is 3.83. The number of aromatic nitrogens is 1. The molecule has 0 bridgehead atoms. The minimum Gasteiger partial charge on any atom is -0.476 e. The molecule has 2 saturated carbocycles. The fourth-order valence-corrected chi connectivity index (χ4v) is 2.85. The Morgan fingerprint density at radius 2 is 2.00 bits per heavy atom. The summed E-state index contributed by atoms with van der Waals surface area (Å²) >= 11 is 0. The molecule has 1 aromatic heterocycles. The lowest BCUT2D eigenvalue weighted by molar-refractivity contribution is 0.307. The molecule has 2 fully saturated rings. The number of nitrogens with zero attached hydrogens (tertiary/aromatic N) is 1. The third-order valence-electron chi connectivity index (χ3n) is 4.31. The van der Waals surface area contributed by atoms with Gasteiger partial charge in [0.25, 0.3) is 0 Å². The van der Waals surface area contributed by atoms with E-state index in [1.54, 1.807) is 0 Å². The zero-order chi connectivity index (χ0) is 13.9. The van der Waals surface area contributed by atoms with Gasteiger partial charge in [-0.3, -0.25) is 0 Å². The summed E-state index contributed by atoms with van der Waals surface area (Å²) < 4.78 is 5.58. The van der Waals surface area contributed by atoms with Crippen LogP contribution in [0.15, 0.2) is 12.1 Å². The number of anilines is 2. The Morgan fingerprint density at radius 1 is 1.30 bits per heavy atom. The van der Waals surface area contributed by atoms with Gasteiger partial charge in [-0.1, -0.05) is 6.92 Å². The van der Waals surface area contributed by atoms with Crippen LogP contribution in [0.1, 0.15) is 39.0 Å². The number of nitrogen functional groups attached to an aromatic ring is 1. The SMILES string of the molecule is CCCOc1nc(NCC(C2CC2)C2CC2)ccc1N. The molecule has 2 aliphatic rings. The molecule has 0 atom stereocenters. The van der Waals surface area contributed by atoms with Gasteiger partial charge in [0.1, 0.15) is 5.82 Å². The van der Waals surface area contributed by atoms with E-state index in [9.17, 15) is 0 Å². The second-order valence-corrected chi connectivity index (χ2v) is 6.16. The first-order valence-electron chi connectivity index (χ1n) is 7.91. The summed E-state index contributed by atoms with van der Waals surface area (Å²) in [5, 5.41) is 3.48. The summed E-state index contributed by atoms with van der Waals surface area (Å²) in [4.78, 5) is 4.48. The minimum atomic E-state index is 0.561. The van der Waals surface area contributed by atoms with Crippen LogP contribution in [0.4, 0.5) is 11.5 Å². The van der Waals surface area contributed by atoms with Crippen molar-refractivity contribution >= 4 is 11.5 Å².